The van der Waals surface area contributed by atoms with Crippen molar-refractivity contribution in [2.24, 2.45) is 0 Å². The summed E-state index contributed by atoms with van der Waals surface area (Å²) in [7, 11) is 0. The van der Waals surface area contributed by atoms with Crippen LogP contribution in [0.1, 0.15) is 47.0 Å². The highest BCUT2D eigenvalue weighted by Crippen LogP contribution is 2.12. The molecule has 1 saturated heterocycles. The largest absolute Gasteiger partial charge is 0.377 e. The maximum atomic E-state index is 5.70. The van der Waals surface area contributed by atoms with Crippen LogP contribution in [0.4, 0.5) is 0 Å². The van der Waals surface area contributed by atoms with Crippen molar-refractivity contribution in [1.29, 1.82) is 0 Å². The molecule has 0 radical (unpaired) electrons. The van der Waals surface area contributed by atoms with Crippen LogP contribution in [-0.2, 0) is 4.74 Å². The van der Waals surface area contributed by atoms with Crippen LogP contribution in [0, 0.1) is 0 Å². The van der Waals surface area contributed by atoms with E-state index >= 15 is 0 Å². The average Bonchev–Trinajstić information content (AvgIpc) is 2.51. The fourth-order valence-corrected chi connectivity index (χ4v) is 2.56. The summed E-state index contributed by atoms with van der Waals surface area (Å²) in [5.41, 5.74) is 0. The number of nitrogens with one attached hydrogen (secondary N) is 1. The molecule has 1 rings (SSSR count). The van der Waals surface area contributed by atoms with Crippen molar-refractivity contribution in [3.05, 3.63) is 0 Å². The molecule has 1 aliphatic heterocycles. The van der Waals surface area contributed by atoms with Gasteiger partial charge in [-0.25, -0.2) is 0 Å². The second-order valence-electron chi connectivity index (χ2n) is 5.47. The van der Waals surface area contributed by atoms with Gasteiger partial charge in [0.2, 0.25) is 0 Å². The predicted octanol–water partition coefficient (Wildman–Crippen LogP) is 2.26. The Morgan fingerprint density at radius 1 is 1.41 bits per heavy atom. The van der Waals surface area contributed by atoms with E-state index in [1.54, 1.807) is 0 Å². The van der Waals surface area contributed by atoms with Crippen molar-refractivity contribution < 1.29 is 4.74 Å². The molecular formula is C14H30N2O. The van der Waals surface area contributed by atoms with Gasteiger partial charge in [-0.15, -0.1) is 0 Å². The van der Waals surface area contributed by atoms with E-state index in [1.807, 2.05) is 0 Å². The molecule has 0 amide bonds. The van der Waals surface area contributed by atoms with Gasteiger partial charge in [0, 0.05) is 31.8 Å². The third-order valence-corrected chi connectivity index (χ3v) is 3.54. The number of rotatable bonds is 6. The second kappa shape index (κ2) is 8.06. The number of nitrogens with zero attached hydrogens (tertiary/aromatic N) is 1. The maximum Gasteiger partial charge on any atom is 0.0673 e. The summed E-state index contributed by atoms with van der Waals surface area (Å²) in [5.74, 6) is 0. The van der Waals surface area contributed by atoms with Gasteiger partial charge in [-0.1, -0.05) is 6.92 Å². The number of hydrogen-bond acceptors (Lipinski definition) is 3. The van der Waals surface area contributed by atoms with Crippen molar-refractivity contribution in [1.82, 2.24) is 10.2 Å². The van der Waals surface area contributed by atoms with E-state index in [-0.39, 0.29) is 0 Å². The van der Waals surface area contributed by atoms with E-state index in [0.717, 1.165) is 19.7 Å². The monoisotopic (exact) mass is 242 g/mol. The average molecular weight is 242 g/mol. The molecule has 0 bridgehead atoms. The Hall–Kier alpha value is -0.120. The Morgan fingerprint density at radius 3 is 2.88 bits per heavy atom. The number of hydrogen-bond donors (Lipinski definition) is 1. The van der Waals surface area contributed by atoms with Gasteiger partial charge in [-0.05, 0) is 46.6 Å². The normalized spacial score (nSPS) is 26.5. The molecule has 0 aromatic carbocycles. The van der Waals surface area contributed by atoms with E-state index < -0.39 is 0 Å². The van der Waals surface area contributed by atoms with Gasteiger partial charge in [0.25, 0.3) is 0 Å². The zero-order valence-corrected chi connectivity index (χ0v) is 12.0. The van der Waals surface area contributed by atoms with Crippen LogP contribution in [0.2, 0.25) is 0 Å². The minimum absolute atomic E-state index is 0.388. The molecule has 3 nitrogen and oxygen atoms in total. The van der Waals surface area contributed by atoms with Crippen LogP contribution in [0.25, 0.3) is 0 Å². The standard InChI is InChI=1S/C14H30N2O/c1-5-7-15-12(2)10-13(3)16-8-6-9-17-14(4)11-16/h12-15H,5-11H2,1-4H3. The molecule has 1 aliphatic rings. The first kappa shape index (κ1) is 14.9. The van der Waals surface area contributed by atoms with Gasteiger partial charge in [0.1, 0.15) is 0 Å². The molecule has 17 heavy (non-hydrogen) atoms. The van der Waals surface area contributed by atoms with Gasteiger partial charge in [0.05, 0.1) is 6.10 Å². The lowest BCUT2D eigenvalue weighted by atomic mass is 10.1. The Bertz CT molecular complexity index is 199. The van der Waals surface area contributed by atoms with E-state index in [2.05, 4.69) is 37.9 Å². The van der Waals surface area contributed by atoms with E-state index in [1.165, 1.54) is 25.8 Å². The van der Waals surface area contributed by atoms with E-state index in [9.17, 15) is 0 Å². The molecular weight excluding hydrogens is 212 g/mol. The highest BCUT2D eigenvalue weighted by Gasteiger charge is 2.20. The molecule has 0 spiro atoms. The van der Waals surface area contributed by atoms with Crippen molar-refractivity contribution in [2.45, 2.75) is 65.1 Å². The van der Waals surface area contributed by atoms with E-state index in [0.29, 0.717) is 18.2 Å². The van der Waals surface area contributed by atoms with Crippen LogP contribution < -0.4 is 5.32 Å². The smallest absolute Gasteiger partial charge is 0.0673 e. The molecule has 0 aliphatic carbocycles. The highest BCUT2D eigenvalue weighted by molar-refractivity contribution is 4.76. The second-order valence-corrected chi connectivity index (χ2v) is 5.47. The summed E-state index contributed by atoms with van der Waals surface area (Å²) >= 11 is 0. The van der Waals surface area contributed by atoms with Crippen molar-refractivity contribution in [3.8, 4) is 0 Å². The lowest BCUT2D eigenvalue weighted by Crippen LogP contribution is -2.41. The molecule has 3 atom stereocenters. The fourth-order valence-electron chi connectivity index (χ4n) is 2.56. The third-order valence-electron chi connectivity index (χ3n) is 3.54. The molecule has 1 N–H and O–H groups in total. The van der Waals surface area contributed by atoms with Crippen LogP contribution in [0.5, 0.6) is 0 Å². The minimum Gasteiger partial charge on any atom is -0.377 e. The summed E-state index contributed by atoms with van der Waals surface area (Å²) in [6, 6.07) is 1.27. The predicted molar refractivity (Wildman–Crippen MR) is 73.4 cm³/mol. The minimum atomic E-state index is 0.388. The van der Waals surface area contributed by atoms with Crippen molar-refractivity contribution >= 4 is 0 Å². The Labute approximate surface area is 107 Å². The molecule has 102 valence electrons. The summed E-state index contributed by atoms with van der Waals surface area (Å²) in [6.07, 6.45) is 4.00. The van der Waals surface area contributed by atoms with Crippen molar-refractivity contribution in [3.63, 3.8) is 0 Å². The van der Waals surface area contributed by atoms with Gasteiger partial charge >= 0.3 is 0 Å². The lowest BCUT2D eigenvalue weighted by molar-refractivity contribution is 0.0605. The molecule has 1 heterocycles. The quantitative estimate of drug-likeness (QED) is 0.773. The summed E-state index contributed by atoms with van der Waals surface area (Å²) < 4.78 is 5.70. The SMILES string of the molecule is CCCNC(C)CC(C)N1CCCOC(C)C1. The molecule has 0 aromatic rings. The van der Waals surface area contributed by atoms with Gasteiger partial charge in [-0.3, -0.25) is 4.90 Å². The fraction of sp³-hybridized carbons (Fsp3) is 1.00. The van der Waals surface area contributed by atoms with Crippen molar-refractivity contribution in [2.75, 3.05) is 26.2 Å². The van der Waals surface area contributed by atoms with Gasteiger partial charge in [0.15, 0.2) is 0 Å². The first-order valence-electron chi connectivity index (χ1n) is 7.22. The van der Waals surface area contributed by atoms with Crippen LogP contribution in [-0.4, -0.2) is 49.3 Å². The Kier molecular flexibility index (Phi) is 7.09. The highest BCUT2D eigenvalue weighted by atomic mass is 16.5. The van der Waals surface area contributed by atoms with Gasteiger partial charge in [-0.2, -0.15) is 0 Å². The Balaban J connectivity index is 2.31. The molecule has 0 saturated carbocycles. The van der Waals surface area contributed by atoms with Crippen LogP contribution in [0.3, 0.4) is 0 Å². The summed E-state index contributed by atoms with van der Waals surface area (Å²) in [4.78, 5) is 2.59. The molecule has 3 unspecified atom stereocenters. The molecule has 0 aromatic heterocycles. The summed E-state index contributed by atoms with van der Waals surface area (Å²) in [6.45, 7) is 13.4. The zero-order chi connectivity index (χ0) is 12.7. The maximum absolute atomic E-state index is 5.70. The zero-order valence-electron chi connectivity index (χ0n) is 12.0. The molecule has 3 heteroatoms. The topological polar surface area (TPSA) is 24.5 Å². The third kappa shape index (κ3) is 5.84. The van der Waals surface area contributed by atoms with Crippen LogP contribution in [0.15, 0.2) is 0 Å². The van der Waals surface area contributed by atoms with Crippen LogP contribution >= 0.6 is 0 Å². The first-order chi connectivity index (χ1) is 8.13. The van der Waals surface area contributed by atoms with E-state index in [4.69, 9.17) is 4.74 Å². The summed E-state index contributed by atoms with van der Waals surface area (Å²) in [5, 5.41) is 3.57. The lowest BCUT2D eigenvalue weighted by Gasteiger charge is -2.30. The van der Waals surface area contributed by atoms with Gasteiger partial charge < -0.3 is 10.1 Å². The number of ether oxygens (including phenoxy) is 1. The molecule has 1 fully saturated rings. The first-order valence-corrected chi connectivity index (χ1v) is 7.22. The Morgan fingerprint density at radius 2 is 2.18 bits per heavy atom.